The topological polar surface area (TPSA) is 38.9 Å². The Labute approximate surface area is 86.7 Å². The first kappa shape index (κ1) is 9.16. The number of rotatable bonds is 1. The van der Waals surface area contributed by atoms with E-state index in [4.69, 9.17) is 5.73 Å². The van der Waals surface area contributed by atoms with E-state index >= 15 is 0 Å². The van der Waals surface area contributed by atoms with Crippen LogP contribution in [-0.2, 0) is 5.54 Å². The average molecular weight is 241 g/mol. The molecule has 0 saturated heterocycles. The van der Waals surface area contributed by atoms with Crippen LogP contribution in [0.1, 0.15) is 25.8 Å². The third-order valence-corrected chi connectivity index (χ3v) is 3.46. The lowest BCUT2D eigenvalue weighted by atomic mass is 9.99. The lowest BCUT2D eigenvalue weighted by molar-refractivity contribution is 0.508. The molecule has 0 amide bonds. The fourth-order valence-electron chi connectivity index (χ4n) is 1.80. The summed E-state index contributed by atoms with van der Waals surface area (Å²) in [5.74, 6) is 0. The summed E-state index contributed by atoms with van der Waals surface area (Å²) in [5.41, 5.74) is 7.44. The van der Waals surface area contributed by atoms with E-state index in [1.807, 2.05) is 6.20 Å². The summed E-state index contributed by atoms with van der Waals surface area (Å²) < 4.78 is 0.998. The molecule has 1 aliphatic carbocycles. The minimum atomic E-state index is -0.163. The lowest BCUT2D eigenvalue weighted by Crippen LogP contribution is -2.25. The van der Waals surface area contributed by atoms with E-state index < -0.39 is 0 Å². The first-order chi connectivity index (χ1) is 5.96. The van der Waals surface area contributed by atoms with Crippen LogP contribution in [0.15, 0.2) is 22.9 Å². The Hall–Kier alpha value is -0.410. The first-order valence-corrected chi connectivity index (χ1v) is 5.15. The van der Waals surface area contributed by atoms with Gasteiger partial charge in [-0.2, -0.15) is 0 Å². The molecule has 2 rings (SSSR count). The van der Waals surface area contributed by atoms with E-state index in [9.17, 15) is 0 Å². The normalized spacial score (nSPS) is 30.2. The van der Waals surface area contributed by atoms with Gasteiger partial charge in [-0.15, -0.1) is 0 Å². The van der Waals surface area contributed by atoms with Gasteiger partial charge in [0.25, 0.3) is 0 Å². The monoisotopic (exact) mass is 240 g/mol. The zero-order chi connectivity index (χ0) is 9.69. The van der Waals surface area contributed by atoms with Gasteiger partial charge in [0.1, 0.15) is 0 Å². The van der Waals surface area contributed by atoms with Gasteiger partial charge in [-0.25, -0.2) is 0 Å². The molecule has 0 spiro atoms. The number of pyridine rings is 1. The van der Waals surface area contributed by atoms with Crippen LogP contribution in [0.3, 0.4) is 0 Å². The fraction of sp³-hybridized carbons (Fsp3) is 0.500. The highest BCUT2D eigenvalue weighted by atomic mass is 79.9. The Morgan fingerprint density at radius 3 is 2.54 bits per heavy atom. The summed E-state index contributed by atoms with van der Waals surface area (Å²) in [6.07, 6.45) is 4.68. The summed E-state index contributed by atoms with van der Waals surface area (Å²) in [5, 5.41) is 0. The number of hydrogen-bond donors (Lipinski definition) is 1. The van der Waals surface area contributed by atoms with Crippen molar-refractivity contribution in [3.63, 3.8) is 0 Å². The van der Waals surface area contributed by atoms with E-state index in [0.29, 0.717) is 0 Å². The molecule has 1 aromatic rings. The Balaban J connectivity index is 2.38. The predicted octanol–water partition coefficient (Wildman–Crippen LogP) is 2.43. The number of nitrogens with two attached hydrogens (primary N) is 1. The first-order valence-electron chi connectivity index (χ1n) is 4.36. The molecule has 1 atom stereocenters. The van der Waals surface area contributed by atoms with E-state index in [1.165, 1.54) is 0 Å². The van der Waals surface area contributed by atoms with Crippen molar-refractivity contribution in [1.29, 1.82) is 0 Å². The van der Waals surface area contributed by atoms with Crippen molar-refractivity contribution in [2.45, 2.75) is 25.8 Å². The number of hydrogen-bond acceptors (Lipinski definition) is 2. The molecule has 2 N–H and O–H groups in total. The van der Waals surface area contributed by atoms with Gasteiger partial charge >= 0.3 is 0 Å². The van der Waals surface area contributed by atoms with Crippen molar-refractivity contribution in [1.82, 2.24) is 4.98 Å². The van der Waals surface area contributed by atoms with Crippen LogP contribution in [0.25, 0.3) is 0 Å². The molecular weight excluding hydrogens is 228 g/mol. The molecule has 0 radical (unpaired) electrons. The summed E-state index contributed by atoms with van der Waals surface area (Å²) in [7, 11) is 0. The predicted molar refractivity (Wildman–Crippen MR) is 56.2 cm³/mol. The van der Waals surface area contributed by atoms with E-state index in [1.54, 1.807) is 6.20 Å². The number of nitrogens with zero attached hydrogens (tertiary/aromatic N) is 1. The summed E-state index contributed by atoms with van der Waals surface area (Å²) in [4.78, 5) is 4.13. The zero-order valence-electron chi connectivity index (χ0n) is 7.84. The standard InChI is InChI=1S/C10H13BrN2/c1-9(2)6-10(9,12)7-3-8(11)5-13-4-7/h3-5H,6,12H2,1-2H3. The molecule has 3 heteroatoms. The van der Waals surface area contributed by atoms with Crippen molar-refractivity contribution < 1.29 is 0 Å². The van der Waals surface area contributed by atoms with Crippen molar-refractivity contribution in [2.24, 2.45) is 11.1 Å². The van der Waals surface area contributed by atoms with Gasteiger partial charge in [0, 0.05) is 22.4 Å². The molecule has 13 heavy (non-hydrogen) atoms. The summed E-state index contributed by atoms with van der Waals surface area (Å²) >= 11 is 3.40. The molecule has 0 aliphatic heterocycles. The molecule has 1 saturated carbocycles. The Morgan fingerprint density at radius 1 is 1.46 bits per heavy atom. The maximum Gasteiger partial charge on any atom is 0.0483 e. The molecule has 1 aromatic heterocycles. The van der Waals surface area contributed by atoms with Crippen molar-refractivity contribution in [3.8, 4) is 0 Å². The minimum absolute atomic E-state index is 0.163. The van der Waals surface area contributed by atoms with Gasteiger partial charge in [0.05, 0.1) is 0 Å². The van der Waals surface area contributed by atoms with Gasteiger partial charge in [-0.05, 0) is 39.4 Å². The van der Waals surface area contributed by atoms with Crippen LogP contribution < -0.4 is 5.73 Å². The number of aromatic nitrogens is 1. The van der Waals surface area contributed by atoms with Gasteiger partial charge < -0.3 is 5.73 Å². The fourth-order valence-corrected chi connectivity index (χ4v) is 2.17. The highest BCUT2D eigenvalue weighted by Gasteiger charge is 2.59. The van der Waals surface area contributed by atoms with Crippen LogP contribution in [-0.4, -0.2) is 4.98 Å². The second-order valence-corrected chi connectivity index (χ2v) is 5.34. The van der Waals surface area contributed by atoms with Gasteiger partial charge in [-0.3, -0.25) is 4.98 Å². The van der Waals surface area contributed by atoms with E-state index in [0.717, 1.165) is 16.5 Å². The van der Waals surface area contributed by atoms with Crippen molar-refractivity contribution >= 4 is 15.9 Å². The Bertz CT molecular complexity index is 349. The smallest absolute Gasteiger partial charge is 0.0483 e. The van der Waals surface area contributed by atoms with Crippen molar-refractivity contribution in [2.75, 3.05) is 0 Å². The Morgan fingerprint density at radius 2 is 2.08 bits per heavy atom. The second kappa shape index (κ2) is 2.55. The highest BCUT2D eigenvalue weighted by Crippen LogP contribution is 2.60. The quantitative estimate of drug-likeness (QED) is 0.820. The van der Waals surface area contributed by atoms with Gasteiger partial charge in [0.15, 0.2) is 0 Å². The molecule has 2 nitrogen and oxygen atoms in total. The number of halogens is 1. The zero-order valence-corrected chi connectivity index (χ0v) is 9.43. The molecule has 0 bridgehead atoms. The van der Waals surface area contributed by atoms with E-state index in [-0.39, 0.29) is 11.0 Å². The average Bonchev–Trinajstić information content (AvgIpc) is 2.53. The molecule has 1 heterocycles. The van der Waals surface area contributed by atoms with Crippen LogP contribution in [0.2, 0.25) is 0 Å². The van der Waals surface area contributed by atoms with Crippen molar-refractivity contribution in [3.05, 3.63) is 28.5 Å². The maximum atomic E-state index is 6.25. The molecule has 1 aliphatic rings. The van der Waals surface area contributed by atoms with E-state index in [2.05, 4.69) is 40.8 Å². The maximum absolute atomic E-state index is 6.25. The van der Waals surface area contributed by atoms with Crippen LogP contribution in [0.5, 0.6) is 0 Å². The van der Waals surface area contributed by atoms with Gasteiger partial charge in [-0.1, -0.05) is 13.8 Å². The lowest BCUT2D eigenvalue weighted by Gasteiger charge is -2.14. The molecule has 1 fully saturated rings. The van der Waals surface area contributed by atoms with Crippen LogP contribution in [0, 0.1) is 5.41 Å². The molecule has 70 valence electrons. The molecule has 0 aromatic carbocycles. The minimum Gasteiger partial charge on any atom is -0.321 e. The van der Waals surface area contributed by atoms with Crippen LogP contribution in [0.4, 0.5) is 0 Å². The highest BCUT2D eigenvalue weighted by molar-refractivity contribution is 9.10. The largest absolute Gasteiger partial charge is 0.321 e. The van der Waals surface area contributed by atoms with Gasteiger partial charge in [0.2, 0.25) is 0 Å². The SMILES string of the molecule is CC1(C)CC1(N)c1cncc(Br)c1. The second-order valence-electron chi connectivity index (χ2n) is 4.42. The molecule has 1 unspecified atom stereocenters. The summed E-state index contributed by atoms with van der Waals surface area (Å²) in [6.45, 7) is 4.38. The third kappa shape index (κ3) is 1.30. The Kier molecular flexibility index (Phi) is 1.79. The molecular formula is C10H13BrN2. The summed E-state index contributed by atoms with van der Waals surface area (Å²) in [6, 6.07) is 2.06. The third-order valence-electron chi connectivity index (χ3n) is 3.02. The van der Waals surface area contributed by atoms with Crippen LogP contribution >= 0.6 is 15.9 Å².